The lowest BCUT2D eigenvalue weighted by Gasteiger charge is -2.33. The summed E-state index contributed by atoms with van der Waals surface area (Å²) in [6, 6.07) is 1.72. The molecular weight excluding hydrogens is 338 g/mol. The van der Waals surface area contributed by atoms with Crippen LogP contribution in [-0.2, 0) is 4.79 Å². The number of hydrogen-bond donors (Lipinski definition) is 1. The summed E-state index contributed by atoms with van der Waals surface area (Å²) in [5, 5.41) is 0. The molecule has 0 aromatic carbocycles. The number of piperidine rings is 1. The summed E-state index contributed by atoms with van der Waals surface area (Å²) in [5.74, 6) is 0.840. The molecule has 0 bridgehead atoms. The van der Waals surface area contributed by atoms with E-state index in [4.69, 9.17) is 5.73 Å². The van der Waals surface area contributed by atoms with E-state index < -0.39 is 5.91 Å². The molecule has 2 aliphatic rings. The summed E-state index contributed by atoms with van der Waals surface area (Å²) in [7, 11) is 0. The largest absolute Gasteiger partial charge is 0.365 e. The van der Waals surface area contributed by atoms with Gasteiger partial charge in [-0.3, -0.25) is 9.59 Å². The van der Waals surface area contributed by atoms with Crippen LogP contribution in [0.3, 0.4) is 0 Å². The SMILES string of the molecule is NC(=O)c1cc2ncnc(N3CCC(C(=O)N4CCCC4)CC3)c2s1. The van der Waals surface area contributed by atoms with E-state index >= 15 is 0 Å². The quantitative estimate of drug-likeness (QED) is 0.899. The second kappa shape index (κ2) is 6.59. The third kappa shape index (κ3) is 3.06. The molecule has 0 saturated carbocycles. The molecular formula is C17H21N5O2S. The van der Waals surface area contributed by atoms with Gasteiger partial charge in [-0.15, -0.1) is 11.3 Å². The Bertz CT molecular complexity index is 806. The number of primary amides is 1. The van der Waals surface area contributed by atoms with Crippen LogP contribution in [0.1, 0.15) is 35.4 Å². The van der Waals surface area contributed by atoms with E-state index in [0.29, 0.717) is 10.8 Å². The van der Waals surface area contributed by atoms with Gasteiger partial charge in [-0.25, -0.2) is 9.97 Å². The number of rotatable bonds is 3. The Morgan fingerprint density at radius 2 is 1.84 bits per heavy atom. The van der Waals surface area contributed by atoms with Gasteiger partial charge in [0.05, 0.1) is 15.1 Å². The van der Waals surface area contributed by atoms with Crippen LogP contribution in [0, 0.1) is 5.92 Å². The third-order valence-corrected chi connectivity index (χ3v) is 6.23. The second-order valence-electron chi connectivity index (χ2n) is 6.68. The molecule has 2 amide bonds. The van der Waals surface area contributed by atoms with Gasteiger partial charge in [0, 0.05) is 32.1 Å². The van der Waals surface area contributed by atoms with Crippen molar-refractivity contribution in [1.82, 2.24) is 14.9 Å². The van der Waals surface area contributed by atoms with Crippen LogP contribution in [0.25, 0.3) is 10.2 Å². The highest BCUT2D eigenvalue weighted by atomic mass is 32.1. The molecule has 0 unspecified atom stereocenters. The third-order valence-electron chi connectivity index (χ3n) is 5.10. The van der Waals surface area contributed by atoms with Gasteiger partial charge in [-0.2, -0.15) is 0 Å². The number of carbonyl (C=O) groups is 2. The Labute approximate surface area is 149 Å². The van der Waals surface area contributed by atoms with Crippen LogP contribution >= 0.6 is 11.3 Å². The maximum absolute atomic E-state index is 12.6. The van der Waals surface area contributed by atoms with E-state index in [0.717, 1.165) is 67.9 Å². The van der Waals surface area contributed by atoms with E-state index in [-0.39, 0.29) is 5.92 Å². The number of carbonyl (C=O) groups excluding carboxylic acids is 2. The minimum atomic E-state index is -0.441. The number of fused-ring (bicyclic) bond motifs is 1. The van der Waals surface area contributed by atoms with Crippen molar-refractivity contribution >= 4 is 39.2 Å². The molecule has 2 aromatic heterocycles. The molecule has 7 nitrogen and oxygen atoms in total. The van der Waals surface area contributed by atoms with Crippen molar-refractivity contribution in [3.8, 4) is 0 Å². The Kier molecular flexibility index (Phi) is 4.29. The molecule has 0 radical (unpaired) electrons. The Morgan fingerprint density at radius 1 is 1.12 bits per heavy atom. The first-order valence-electron chi connectivity index (χ1n) is 8.71. The van der Waals surface area contributed by atoms with Gasteiger partial charge in [0.15, 0.2) is 0 Å². The molecule has 4 heterocycles. The van der Waals surface area contributed by atoms with Crippen LogP contribution in [0.2, 0.25) is 0 Å². The number of likely N-dealkylation sites (tertiary alicyclic amines) is 1. The van der Waals surface area contributed by atoms with Crippen molar-refractivity contribution in [1.29, 1.82) is 0 Å². The van der Waals surface area contributed by atoms with E-state index in [1.807, 2.05) is 4.90 Å². The van der Waals surface area contributed by atoms with E-state index in [1.54, 1.807) is 6.07 Å². The van der Waals surface area contributed by atoms with E-state index in [9.17, 15) is 9.59 Å². The first-order valence-corrected chi connectivity index (χ1v) is 9.53. The maximum atomic E-state index is 12.6. The van der Waals surface area contributed by atoms with Crippen LogP contribution in [0.5, 0.6) is 0 Å². The summed E-state index contributed by atoms with van der Waals surface area (Å²) in [5.41, 5.74) is 6.13. The Balaban J connectivity index is 1.50. The smallest absolute Gasteiger partial charge is 0.258 e. The van der Waals surface area contributed by atoms with Crippen LogP contribution < -0.4 is 10.6 Å². The van der Waals surface area contributed by atoms with Crippen molar-refractivity contribution < 1.29 is 9.59 Å². The zero-order chi connectivity index (χ0) is 17.4. The first kappa shape index (κ1) is 16.3. The Hall–Kier alpha value is -2.22. The van der Waals surface area contributed by atoms with Gasteiger partial charge >= 0.3 is 0 Å². The van der Waals surface area contributed by atoms with Gasteiger partial charge in [-0.05, 0) is 31.7 Å². The number of nitrogens with zero attached hydrogens (tertiary/aromatic N) is 4. The fraction of sp³-hybridized carbons (Fsp3) is 0.529. The van der Waals surface area contributed by atoms with Crippen molar-refractivity contribution in [3.05, 3.63) is 17.3 Å². The molecule has 0 spiro atoms. The number of anilines is 1. The van der Waals surface area contributed by atoms with Crippen molar-refractivity contribution in [3.63, 3.8) is 0 Å². The monoisotopic (exact) mass is 359 g/mol. The summed E-state index contributed by atoms with van der Waals surface area (Å²) >= 11 is 1.34. The second-order valence-corrected chi connectivity index (χ2v) is 7.73. The van der Waals surface area contributed by atoms with E-state index in [1.165, 1.54) is 17.7 Å². The van der Waals surface area contributed by atoms with Gasteiger partial charge < -0.3 is 15.5 Å². The van der Waals surface area contributed by atoms with Gasteiger partial charge in [0.25, 0.3) is 5.91 Å². The zero-order valence-corrected chi connectivity index (χ0v) is 14.8. The van der Waals surface area contributed by atoms with Crippen LogP contribution in [0.15, 0.2) is 12.4 Å². The first-order chi connectivity index (χ1) is 12.1. The van der Waals surface area contributed by atoms with Crippen molar-refractivity contribution in [2.75, 3.05) is 31.1 Å². The predicted molar refractivity (Wildman–Crippen MR) is 96.7 cm³/mol. The van der Waals surface area contributed by atoms with Crippen LogP contribution in [-0.4, -0.2) is 52.9 Å². The fourth-order valence-corrected chi connectivity index (χ4v) is 4.70. The highest BCUT2D eigenvalue weighted by Crippen LogP contribution is 2.33. The maximum Gasteiger partial charge on any atom is 0.258 e. The molecule has 0 aliphatic carbocycles. The zero-order valence-electron chi connectivity index (χ0n) is 14.0. The Morgan fingerprint density at radius 3 is 2.52 bits per heavy atom. The molecule has 2 aromatic rings. The molecule has 132 valence electrons. The molecule has 2 N–H and O–H groups in total. The summed E-state index contributed by atoms with van der Waals surface area (Å²) in [4.78, 5) is 37.4. The fourth-order valence-electron chi connectivity index (χ4n) is 3.72. The predicted octanol–water partition coefficient (Wildman–Crippen LogP) is 1.63. The minimum absolute atomic E-state index is 0.121. The molecule has 2 aliphatic heterocycles. The van der Waals surface area contributed by atoms with Crippen molar-refractivity contribution in [2.24, 2.45) is 11.7 Å². The number of thiophene rings is 1. The lowest BCUT2D eigenvalue weighted by atomic mass is 9.95. The minimum Gasteiger partial charge on any atom is -0.365 e. The number of amides is 2. The average Bonchev–Trinajstić information content (AvgIpc) is 3.30. The number of hydrogen-bond acceptors (Lipinski definition) is 6. The van der Waals surface area contributed by atoms with Crippen LogP contribution in [0.4, 0.5) is 5.82 Å². The average molecular weight is 359 g/mol. The lowest BCUT2D eigenvalue weighted by molar-refractivity contribution is -0.135. The molecule has 8 heteroatoms. The molecule has 2 fully saturated rings. The topological polar surface area (TPSA) is 92.4 Å². The normalized spacial score (nSPS) is 18.9. The highest BCUT2D eigenvalue weighted by molar-refractivity contribution is 7.21. The molecule has 4 rings (SSSR count). The summed E-state index contributed by atoms with van der Waals surface area (Å²) < 4.78 is 0.889. The van der Waals surface area contributed by atoms with Gasteiger partial charge in [0.2, 0.25) is 5.91 Å². The van der Waals surface area contributed by atoms with E-state index in [2.05, 4.69) is 14.9 Å². The van der Waals surface area contributed by atoms with Gasteiger partial charge in [-0.1, -0.05) is 0 Å². The lowest BCUT2D eigenvalue weighted by Crippen LogP contribution is -2.42. The molecule has 2 saturated heterocycles. The van der Waals surface area contributed by atoms with Gasteiger partial charge in [0.1, 0.15) is 12.1 Å². The highest BCUT2D eigenvalue weighted by Gasteiger charge is 2.30. The molecule has 0 atom stereocenters. The van der Waals surface area contributed by atoms with Crippen molar-refractivity contribution in [2.45, 2.75) is 25.7 Å². The summed E-state index contributed by atoms with van der Waals surface area (Å²) in [6.07, 6.45) is 5.47. The number of aromatic nitrogens is 2. The summed E-state index contributed by atoms with van der Waals surface area (Å²) in [6.45, 7) is 3.41. The molecule has 25 heavy (non-hydrogen) atoms. The standard InChI is InChI=1S/C17H21N5O2S/c18-15(23)13-9-12-14(25-13)16(20-10-19-12)21-7-3-11(4-8-21)17(24)22-5-1-2-6-22/h9-11H,1-8H2,(H2,18,23). The number of nitrogens with two attached hydrogens (primary N) is 1.